The molecule has 3 aromatic carbocycles. The van der Waals surface area contributed by atoms with Crippen LogP contribution in [0, 0.1) is 0 Å². The molecular weight excluding hydrogens is 320 g/mol. The molecule has 0 heterocycles. The predicted octanol–water partition coefficient (Wildman–Crippen LogP) is 3.02. The van der Waals surface area contributed by atoms with Gasteiger partial charge in [0.15, 0.2) is 0 Å². The molecule has 0 bridgehead atoms. The Balaban J connectivity index is 1.80. The van der Waals surface area contributed by atoms with Gasteiger partial charge < -0.3 is 14.9 Å². The standard InChI is InChI=1S/C19H16N2O4/c1-25-14-7-9-17(22)13(10-14)11-20-21-19(24)16-8-6-12-4-2-3-5-15(12)18(16)23/h2-11,22-23H,1H3,(H,21,24)/b20-11-. The molecule has 6 heteroatoms. The van der Waals surface area contributed by atoms with Crippen molar-refractivity contribution in [1.29, 1.82) is 0 Å². The molecule has 0 aliphatic carbocycles. The molecule has 3 N–H and O–H groups in total. The number of rotatable bonds is 4. The van der Waals surface area contributed by atoms with Gasteiger partial charge in [0.1, 0.15) is 17.2 Å². The van der Waals surface area contributed by atoms with Gasteiger partial charge in [0.05, 0.1) is 18.9 Å². The summed E-state index contributed by atoms with van der Waals surface area (Å²) in [6.45, 7) is 0. The third-order valence-corrected chi connectivity index (χ3v) is 3.75. The number of phenols is 2. The number of ether oxygens (including phenoxy) is 1. The van der Waals surface area contributed by atoms with E-state index in [0.29, 0.717) is 16.7 Å². The first-order valence-corrected chi connectivity index (χ1v) is 7.51. The largest absolute Gasteiger partial charge is 0.507 e. The first-order valence-electron chi connectivity index (χ1n) is 7.51. The van der Waals surface area contributed by atoms with E-state index < -0.39 is 5.91 Å². The number of carbonyl (C=O) groups is 1. The number of hydrogen-bond acceptors (Lipinski definition) is 5. The first kappa shape index (κ1) is 16.3. The molecule has 0 fully saturated rings. The SMILES string of the molecule is COc1ccc(O)c(/C=N\NC(=O)c2ccc3ccccc3c2O)c1. The van der Waals surface area contributed by atoms with E-state index in [0.717, 1.165) is 5.39 Å². The van der Waals surface area contributed by atoms with Gasteiger partial charge in [0.2, 0.25) is 0 Å². The molecule has 0 spiro atoms. The van der Waals surface area contributed by atoms with E-state index >= 15 is 0 Å². The topological polar surface area (TPSA) is 91.2 Å². The van der Waals surface area contributed by atoms with E-state index in [9.17, 15) is 15.0 Å². The van der Waals surface area contributed by atoms with Crippen LogP contribution >= 0.6 is 0 Å². The number of hydrazone groups is 1. The lowest BCUT2D eigenvalue weighted by Crippen LogP contribution is -2.17. The quantitative estimate of drug-likeness (QED) is 0.504. The molecule has 1 amide bonds. The number of amides is 1. The monoisotopic (exact) mass is 336 g/mol. The molecule has 25 heavy (non-hydrogen) atoms. The van der Waals surface area contributed by atoms with Gasteiger partial charge in [-0.25, -0.2) is 5.43 Å². The minimum absolute atomic E-state index is 0.00681. The van der Waals surface area contributed by atoms with E-state index in [-0.39, 0.29) is 17.1 Å². The van der Waals surface area contributed by atoms with Crippen LogP contribution in [-0.4, -0.2) is 29.4 Å². The molecule has 3 rings (SSSR count). The van der Waals surface area contributed by atoms with Gasteiger partial charge in [-0.2, -0.15) is 5.10 Å². The van der Waals surface area contributed by atoms with Crippen molar-refractivity contribution in [1.82, 2.24) is 5.43 Å². The third-order valence-electron chi connectivity index (χ3n) is 3.75. The van der Waals surface area contributed by atoms with Crippen LogP contribution in [0.3, 0.4) is 0 Å². The molecule has 0 radical (unpaired) electrons. The van der Waals surface area contributed by atoms with Crippen LogP contribution in [-0.2, 0) is 0 Å². The molecule has 0 aromatic heterocycles. The van der Waals surface area contributed by atoms with Gasteiger partial charge in [-0.15, -0.1) is 0 Å². The van der Waals surface area contributed by atoms with Gasteiger partial charge in [-0.3, -0.25) is 4.79 Å². The highest BCUT2D eigenvalue weighted by molar-refractivity contribution is 6.03. The van der Waals surface area contributed by atoms with Gasteiger partial charge in [-0.05, 0) is 29.7 Å². The second-order valence-corrected chi connectivity index (χ2v) is 5.31. The summed E-state index contributed by atoms with van der Waals surface area (Å²) in [5.74, 6) is -0.0954. The van der Waals surface area contributed by atoms with Crippen LogP contribution in [0.2, 0.25) is 0 Å². The van der Waals surface area contributed by atoms with E-state index in [1.807, 2.05) is 12.1 Å². The summed E-state index contributed by atoms with van der Waals surface area (Å²) in [7, 11) is 1.51. The number of nitrogens with zero attached hydrogens (tertiary/aromatic N) is 1. The average molecular weight is 336 g/mol. The second-order valence-electron chi connectivity index (χ2n) is 5.31. The molecule has 0 atom stereocenters. The number of methoxy groups -OCH3 is 1. The van der Waals surface area contributed by atoms with Crippen LogP contribution in [0.4, 0.5) is 0 Å². The smallest absolute Gasteiger partial charge is 0.275 e. The number of hydrogen-bond donors (Lipinski definition) is 3. The Hall–Kier alpha value is -3.54. The first-order chi connectivity index (χ1) is 12.1. The number of phenolic OH excluding ortho intramolecular Hbond substituents is 2. The number of fused-ring (bicyclic) bond motifs is 1. The van der Waals surface area contributed by atoms with E-state index in [4.69, 9.17) is 4.74 Å². The van der Waals surface area contributed by atoms with Crippen molar-refractivity contribution in [3.05, 3.63) is 65.7 Å². The Labute approximate surface area is 144 Å². The van der Waals surface area contributed by atoms with Crippen molar-refractivity contribution in [2.24, 2.45) is 5.10 Å². The molecular formula is C19H16N2O4. The second kappa shape index (κ2) is 6.92. The van der Waals surface area contributed by atoms with Crippen molar-refractivity contribution in [2.45, 2.75) is 0 Å². The summed E-state index contributed by atoms with van der Waals surface area (Å²) in [6.07, 6.45) is 1.30. The van der Waals surface area contributed by atoms with Crippen LogP contribution in [0.1, 0.15) is 15.9 Å². The van der Waals surface area contributed by atoms with Crippen LogP contribution < -0.4 is 10.2 Å². The van der Waals surface area contributed by atoms with Crippen molar-refractivity contribution in [3.8, 4) is 17.2 Å². The Morgan fingerprint density at radius 2 is 1.92 bits per heavy atom. The van der Waals surface area contributed by atoms with Gasteiger partial charge >= 0.3 is 0 Å². The van der Waals surface area contributed by atoms with Crippen molar-refractivity contribution in [2.75, 3.05) is 7.11 Å². The lowest BCUT2D eigenvalue weighted by atomic mass is 10.1. The molecule has 3 aromatic rings. The highest BCUT2D eigenvalue weighted by Crippen LogP contribution is 2.28. The van der Waals surface area contributed by atoms with Crippen molar-refractivity contribution in [3.63, 3.8) is 0 Å². The van der Waals surface area contributed by atoms with E-state index in [2.05, 4.69) is 10.5 Å². The van der Waals surface area contributed by atoms with E-state index in [1.54, 1.807) is 30.3 Å². The van der Waals surface area contributed by atoms with Gasteiger partial charge in [-0.1, -0.05) is 30.3 Å². The average Bonchev–Trinajstić information content (AvgIpc) is 2.63. The molecule has 0 aliphatic heterocycles. The zero-order valence-corrected chi connectivity index (χ0v) is 13.4. The summed E-state index contributed by atoms with van der Waals surface area (Å²) in [4.78, 5) is 12.2. The minimum atomic E-state index is -0.554. The normalized spacial score (nSPS) is 10.9. The number of aromatic hydroxyl groups is 2. The third kappa shape index (κ3) is 3.37. The van der Waals surface area contributed by atoms with Crippen LogP contribution in [0.25, 0.3) is 10.8 Å². The summed E-state index contributed by atoms with van der Waals surface area (Å²) >= 11 is 0. The molecule has 6 nitrogen and oxygen atoms in total. The summed E-state index contributed by atoms with van der Waals surface area (Å²) < 4.78 is 5.07. The summed E-state index contributed by atoms with van der Waals surface area (Å²) in [6, 6.07) is 15.2. The maximum atomic E-state index is 12.2. The fraction of sp³-hybridized carbons (Fsp3) is 0.0526. The Kier molecular flexibility index (Phi) is 4.52. The highest BCUT2D eigenvalue weighted by atomic mass is 16.5. The Morgan fingerprint density at radius 3 is 2.72 bits per heavy atom. The zero-order valence-electron chi connectivity index (χ0n) is 13.4. The molecule has 0 saturated carbocycles. The Bertz CT molecular complexity index is 967. The van der Waals surface area contributed by atoms with Crippen molar-refractivity contribution < 1.29 is 19.7 Å². The van der Waals surface area contributed by atoms with Crippen LogP contribution in [0.15, 0.2) is 59.7 Å². The highest BCUT2D eigenvalue weighted by Gasteiger charge is 2.13. The molecule has 126 valence electrons. The number of benzene rings is 3. The maximum absolute atomic E-state index is 12.2. The van der Waals surface area contributed by atoms with E-state index in [1.165, 1.54) is 25.5 Å². The summed E-state index contributed by atoms with van der Waals surface area (Å²) in [5, 5.41) is 25.3. The summed E-state index contributed by atoms with van der Waals surface area (Å²) in [5.41, 5.74) is 2.84. The minimum Gasteiger partial charge on any atom is -0.507 e. The predicted molar refractivity (Wildman–Crippen MR) is 95.3 cm³/mol. The molecule has 0 unspecified atom stereocenters. The van der Waals surface area contributed by atoms with Gasteiger partial charge in [0, 0.05) is 10.9 Å². The molecule has 0 saturated heterocycles. The fourth-order valence-electron chi connectivity index (χ4n) is 2.42. The Morgan fingerprint density at radius 1 is 1.12 bits per heavy atom. The van der Waals surface area contributed by atoms with Gasteiger partial charge in [0.25, 0.3) is 5.91 Å². The fourth-order valence-corrected chi connectivity index (χ4v) is 2.42. The number of carbonyl (C=O) groups excluding carboxylic acids is 1. The lowest BCUT2D eigenvalue weighted by Gasteiger charge is -2.07. The lowest BCUT2D eigenvalue weighted by molar-refractivity contribution is 0.0952. The van der Waals surface area contributed by atoms with Crippen LogP contribution in [0.5, 0.6) is 17.2 Å². The number of nitrogens with one attached hydrogen (secondary N) is 1. The maximum Gasteiger partial charge on any atom is 0.275 e. The molecule has 0 aliphatic rings. The van der Waals surface area contributed by atoms with Crippen molar-refractivity contribution >= 4 is 22.9 Å². The zero-order chi connectivity index (χ0) is 17.8.